The number of phenols is 1. The summed E-state index contributed by atoms with van der Waals surface area (Å²) in [5.74, 6) is 4.32. The summed E-state index contributed by atoms with van der Waals surface area (Å²) in [5.41, 5.74) is 1.63. The lowest BCUT2D eigenvalue weighted by atomic mass is 9.84. The van der Waals surface area contributed by atoms with E-state index in [1.54, 1.807) is 27.7 Å². The molecule has 3 aromatic rings. The van der Waals surface area contributed by atoms with Crippen LogP contribution in [-0.4, -0.2) is 35.0 Å². The zero-order chi connectivity index (χ0) is 28.3. The molecule has 1 N–H and O–H groups in total. The monoisotopic (exact) mass is 524 g/mol. The summed E-state index contributed by atoms with van der Waals surface area (Å²) in [4.78, 5) is 40.1. The summed E-state index contributed by atoms with van der Waals surface area (Å²) in [5, 5.41) is 11.5. The van der Waals surface area contributed by atoms with Crippen molar-refractivity contribution in [1.82, 2.24) is 0 Å². The molecule has 0 saturated carbocycles. The summed E-state index contributed by atoms with van der Waals surface area (Å²) in [6.45, 7) is 8.20. The zero-order valence-electron chi connectivity index (χ0n) is 22.8. The van der Waals surface area contributed by atoms with Gasteiger partial charge in [-0.25, -0.2) is 0 Å². The van der Waals surface area contributed by atoms with E-state index in [0.29, 0.717) is 27.8 Å². The number of rotatable bonds is 6. The fraction of sp³-hybridized carbons (Fsp3) is 0.303. The van der Waals surface area contributed by atoms with Gasteiger partial charge in [0.1, 0.15) is 5.75 Å². The quantitative estimate of drug-likeness (QED) is 0.194. The summed E-state index contributed by atoms with van der Waals surface area (Å²) in [6, 6.07) is 18.6. The van der Waals surface area contributed by atoms with Crippen molar-refractivity contribution in [2.75, 3.05) is 0 Å². The Labute approximate surface area is 229 Å². The number of Topliss-reactive ketones (excluding diaryl/α,β-unsaturated/α-hetero) is 1. The largest absolute Gasteiger partial charge is 0.507 e. The van der Waals surface area contributed by atoms with Crippen LogP contribution in [-0.2, 0) is 31.9 Å². The second kappa shape index (κ2) is 11.2. The lowest BCUT2D eigenvalue weighted by Gasteiger charge is -2.26. The lowest BCUT2D eigenvalue weighted by molar-refractivity contribution is -0.176. The minimum Gasteiger partial charge on any atom is -0.507 e. The molecule has 6 heteroatoms. The molecule has 0 heterocycles. The van der Waals surface area contributed by atoms with E-state index in [9.17, 15) is 19.5 Å². The van der Waals surface area contributed by atoms with Gasteiger partial charge in [-0.05, 0) is 57.9 Å². The Kier molecular flexibility index (Phi) is 7.92. The number of ketones is 1. The molecule has 1 aliphatic rings. The van der Waals surface area contributed by atoms with Crippen LogP contribution in [0.1, 0.15) is 67.2 Å². The topological polar surface area (TPSA) is 89.9 Å². The first-order chi connectivity index (χ1) is 18.5. The molecule has 4 rings (SSSR count). The number of aromatic hydroxyl groups is 1. The van der Waals surface area contributed by atoms with Crippen LogP contribution in [0.3, 0.4) is 0 Å². The van der Waals surface area contributed by atoms with Crippen molar-refractivity contribution in [3.05, 3.63) is 88.5 Å². The number of carbonyl (C=O) groups excluding carboxylic acids is 3. The number of hydrogen-bond donors (Lipinski definition) is 1. The van der Waals surface area contributed by atoms with Crippen molar-refractivity contribution in [3.63, 3.8) is 0 Å². The Morgan fingerprint density at radius 1 is 0.795 bits per heavy atom. The predicted molar refractivity (Wildman–Crippen MR) is 148 cm³/mol. The van der Waals surface area contributed by atoms with Crippen LogP contribution in [0.4, 0.5) is 0 Å². The van der Waals surface area contributed by atoms with E-state index >= 15 is 0 Å². The first-order valence-electron chi connectivity index (χ1n) is 13.0. The Balaban J connectivity index is 2.04. The van der Waals surface area contributed by atoms with E-state index in [1.807, 2.05) is 60.7 Å². The van der Waals surface area contributed by atoms with Gasteiger partial charge in [0, 0.05) is 35.1 Å². The van der Waals surface area contributed by atoms with Crippen LogP contribution in [0, 0.1) is 17.3 Å². The van der Waals surface area contributed by atoms with Crippen LogP contribution in [0.15, 0.2) is 60.7 Å². The first kappa shape index (κ1) is 27.7. The van der Waals surface area contributed by atoms with E-state index in [1.165, 1.54) is 6.92 Å². The number of carbonyl (C=O) groups is 3. The summed E-state index contributed by atoms with van der Waals surface area (Å²) in [6.07, 6.45) is -1.18. The summed E-state index contributed by atoms with van der Waals surface area (Å²) in [7, 11) is 0. The molecule has 0 saturated heterocycles. The van der Waals surface area contributed by atoms with Crippen LogP contribution in [0.5, 0.6) is 5.75 Å². The van der Waals surface area contributed by atoms with Gasteiger partial charge in [-0.15, -0.1) is 0 Å². The van der Waals surface area contributed by atoms with E-state index in [-0.39, 0.29) is 29.9 Å². The molecule has 0 unspecified atom stereocenters. The van der Waals surface area contributed by atoms with E-state index < -0.39 is 29.6 Å². The van der Waals surface area contributed by atoms with Gasteiger partial charge in [0.25, 0.3) is 0 Å². The third-order valence-electron chi connectivity index (χ3n) is 6.63. The SMILES string of the molecule is CC(=O)c1c(O)c2c(c(C#Cc3ccccc3)c1-c1ccccc1)CC(C(=O)OC(C)C)(C(=O)OC(C)C)C2. The molecule has 0 spiro atoms. The number of esters is 2. The van der Waals surface area contributed by atoms with Crippen molar-refractivity contribution >= 4 is 17.7 Å². The van der Waals surface area contributed by atoms with Gasteiger partial charge < -0.3 is 14.6 Å². The molecule has 3 aromatic carbocycles. The van der Waals surface area contributed by atoms with Gasteiger partial charge in [-0.2, -0.15) is 0 Å². The van der Waals surface area contributed by atoms with Crippen molar-refractivity contribution < 1.29 is 29.0 Å². The van der Waals surface area contributed by atoms with Crippen LogP contribution >= 0.6 is 0 Å². The maximum atomic E-state index is 13.5. The molecule has 6 nitrogen and oxygen atoms in total. The molecule has 39 heavy (non-hydrogen) atoms. The highest BCUT2D eigenvalue weighted by Crippen LogP contribution is 2.49. The van der Waals surface area contributed by atoms with Gasteiger partial charge in [0.2, 0.25) is 0 Å². The summed E-state index contributed by atoms with van der Waals surface area (Å²) >= 11 is 0. The molecule has 0 amide bonds. The Hall–Kier alpha value is -4.37. The first-order valence-corrected chi connectivity index (χ1v) is 13.0. The molecule has 1 aliphatic carbocycles. The fourth-order valence-corrected chi connectivity index (χ4v) is 4.95. The van der Waals surface area contributed by atoms with Gasteiger partial charge in [0.05, 0.1) is 17.8 Å². The third-order valence-corrected chi connectivity index (χ3v) is 6.63. The number of fused-ring (bicyclic) bond motifs is 1. The van der Waals surface area contributed by atoms with Crippen LogP contribution in [0.25, 0.3) is 11.1 Å². The molecule has 0 aromatic heterocycles. The number of phenolic OH excluding ortho intramolecular Hbond substituents is 1. The smallest absolute Gasteiger partial charge is 0.324 e. The standard InChI is InChI=1S/C33H32O6/c1-20(2)38-31(36)33(32(37)39-21(3)4)18-26-25(17-16-23-12-8-6-9-13-23)29(24-14-10-7-11-15-24)28(22(5)34)30(35)27(26)19-33/h6-15,20-21,35H,18-19H2,1-5H3. The maximum absolute atomic E-state index is 13.5. The second-order valence-electron chi connectivity index (χ2n) is 10.3. The average molecular weight is 525 g/mol. The van der Waals surface area contributed by atoms with Gasteiger partial charge in [-0.1, -0.05) is 60.4 Å². The highest BCUT2D eigenvalue weighted by Gasteiger charge is 2.55. The zero-order valence-corrected chi connectivity index (χ0v) is 22.8. The average Bonchev–Trinajstić information content (AvgIpc) is 3.31. The van der Waals surface area contributed by atoms with E-state index in [2.05, 4.69) is 11.8 Å². The highest BCUT2D eigenvalue weighted by atomic mass is 16.6. The molecule has 200 valence electrons. The molecule has 0 bridgehead atoms. The normalized spacial score (nSPS) is 13.4. The van der Waals surface area contributed by atoms with Crippen molar-refractivity contribution in [3.8, 4) is 28.7 Å². The lowest BCUT2D eigenvalue weighted by Crippen LogP contribution is -2.44. The number of ether oxygens (including phenoxy) is 2. The highest BCUT2D eigenvalue weighted by molar-refractivity contribution is 6.07. The Morgan fingerprint density at radius 2 is 1.31 bits per heavy atom. The van der Waals surface area contributed by atoms with Crippen molar-refractivity contribution in [2.45, 2.75) is 59.7 Å². The Bertz CT molecular complexity index is 1450. The fourth-order valence-electron chi connectivity index (χ4n) is 4.95. The van der Waals surface area contributed by atoms with Gasteiger partial charge >= 0.3 is 11.9 Å². The molecule has 0 aliphatic heterocycles. The third kappa shape index (κ3) is 5.44. The van der Waals surface area contributed by atoms with E-state index in [0.717, 1.165) is 5.56 Å². The maximum Gasteiger partial charge on any atom is 0.324 e. The molecule has 0 radical (unpaired) electrons. The van der Waals surface area contributed by atoms with Crippen molar-refractivity contribution in [2.24, 2.45) is 5.41 Å². The second-order valence-corrected chi connectivity index (χ2v) is 10.3. The molecule has 0 atom stereocenters. The van der Waals surface area contributed by atoms with Crippen molar-refractivity contribution in [1.29, 1.82) is 0 Å². The van der Waals surface area contributed by atoms with Crippen LogP contribution in [0.2, 0.25) is 0 Å². The molecular formula is C33H32O6. The predicted octanol–water partition coefficient (Wildman–Crippen LogP) is 5.65. The minimum atomic E-state index is -1.72. The Morgan fingerprint density at radius 3 is 1.82 bits per heavy atom. The van der Waals surface area contributed by atoms with Crippen LogP contribution < -0.4 is 0 Å². The van der Waals surface area contributed by atoms with E-state index in [4.69, 9.17) is 9.47 Å². The molecule has 0 fully saturated rings. The van der Waals surface area contributed by atoms with Gasteiger partial charge in [-0.3, -0.25) is 14.4 Å². The number of benzene rings is 3. The summed E-state index contributed by atoms with van der Waals surface area (Å²) < 4.78 is 11.1. The van der Waals surface area contributed by atoms with Gasteiger partial charge in [0.15, 0.2) is 11.2 Å². The minimum absolute atomic E-state index is 0.0795. The molecular weight excluding hydrogens is 492 g/mol. The number of hydrogen-bond acceptors (Lipinski definition) is 6.